The third-order valence-electron chi connectivity index (χ3n) is 1.72. The minimum Gasteiger partial charge on any atom is -0.433 e. The van der Waals surface area contributed by atoms with Gasteiger partial charge in [0.25, 0.3) is 0 Å². The average Bonchev–Trinajstić information content (AvgIpc) is 2.12. The first-order valence-electron chi connectivity index (χ1n) is 3.86. The van der Waals surface area contributed by atoms with Crippen molar-refractivity contribution in [2.75, 3.05) is 0 Å². The monoisotopic (exact) mass is 282 g/mol. The SMILES string of the molecule is Cc1cc(F)c(C=O)c(Br)c1OC(F)F. The van der Waals surface area contributed by atoms with Gasteiger partial charge in [0.1, 0.15) is 11.6 Å². The second-order valence-corrected chi connectivity index (χ2v) is 3.52. The zero-order valence-electron chi connectivity index (χ0n) is 7.56. The lowest BCUT2D eigenvalue weighted by molar-refractivity contribution is -0.0509. The van der Waals surface area contributed by atoms with E-state index in [0.29, 0.717) is 0 Å². The van der Waals surface area contributed by atoms with E-state index in [-0.39, 0.29) is 27.6 Å². The number of carbonyl (C=O) groups excluding carboxylic acids is 1. The van der Waals surface area contributed by atoms with Gasteiger partial charge >= 0.3 is 6.61 Å². The number of hydrogen-bond acceptors (Lipinski definition) is 2. The second kappa shape index (κ2) is 4.65. The van der Waals surface area contributed by atoms with Crippen molar-refractivity contribution in [2.24, 2.45) is 0 Å². The number of alkyl halides is 2. The molecule has 0 N–H and O–H groups in total. The first kappa shape index (κ1) is 12.0. The summed E-state index contributed by atoms with van der Waals surface area (Å²) in [6.45, 7) is -1.62. The predicted molar refractivity (Wildman–Crippen MR) is 50.9 cm³/mol. The maximum Gasteiger partial charge on any atom is 0.387 e. The van der Waals surface area contributed by atoms with E-state index in [4.69, 9.17) is 0 Å². The van der Waals surface area contributed by atoms with Crippen LogP contribution in [0.15, 0.2) is 10.5 Å². The number of ether oxygens (including phenoxy) is 1. The molecule has 0 radical (unpaired) electrons. The first-order valence-corrected chi connectivity index (χ1v) is 4.65. The smallest absolute Gasteiger partial charge is 0.387 e. The highest BCUT2D eigenvalue weighted by Crippen LogP contribution is 2.34. The largest absolute Gasteiger partial charge is 0.433 e. The van der Waals surface area contributed by atoms with Crippen LogP contribution in [-0.2, 0) is 0 Å². The Labute approximate surface area is 92.2 Å². The molecule has 0 bridgehead atoms. The second-order valence-electron chi connectivity index (χ2n) is 2.73. The number of aldehydes is 1. The Bertz CT molecular complexity index is 393. The van der Waals surface area contributed by atoms with Crippen molar-refractivity contribution >= 4 is 22.2 Å². The van der Waals surface area contributed by atoms with Crippen LogP contribution in [0.5, 0.6) is 5.75 Å². The molecular formula is C9H6BrF3O2. The lowest BCUT2D eigenvalue weighted by Gasteiger charge is -2.11. The Morgan fingerprint density at radius 3 is 2.60 bits per heavy atom. The summed E-state index contributed by atoms with van der Waals surface area (Å²) in [6, 6.07) is 0.964. The lowest BCUT2D eigenvalue weighted by atomic mass is 10.1. The summed E-state index contributed by atoms with van der Waals surface area (Å²) < 4.78 is 41.2. The van der Waals surface area contributed by atoms with Crippen LogP contribution in [0.3, 0.4) is 0 Å². The molecule has 0 aliphatic heterocycles. The minimum absolute atomic E-state index is 0.102. The van der Waals surface area contributed by atoms with Crippen molar-refractivity contribution in [3.8, 4) is 5.75 Å². The fourth-order valence-corrected chi connectivity index (χ4v) is 1.76. The number of rotatable bonds is 3. The van der Waals surface area contributed by atoms with Gasteiger partial charge in [-0.05, 0) is 34.5 Å². The van der Waals surface area contributed by atoms with Gasteiger partial charge in [-0.1, -0.05) is 0 Å². The summed E-state index contributed by atoms with van der Waals surface area (Å²) in [5.74, 6) is -1.01. The van der Waals surface area contributed by atoms with Crippen molar-refractivity contribution in [1.29, 1.82) is 0 Å². The molecule has 1 rings (SSSR count). The number of benzene rings is 1. The van der Waals surface area contributed by atoms with Crippen molar-refractivity contribution in [2.45, 2.75) is 13.5 Å². The Morgan fingerprint density at radius 2 is 2.13 bits per heavy atom. The Morgan fingerprint density at radius 1 is 1.53 bits per heavy atom. The summed E-state index contributed by atoms with van der Waals surface area (Å²) in [4.78, 5) is 10.5. The van der Waals surface area contributed by atoms with Crippen molar-refractivity contribution in [3.05, 3.63) is 27.5 Å². The van der Waals surface area contributed by atoms with E-state index in [1.54, 1.807) is 0 Å². The van der Waals surface area contributed by atoms with Crippen molar-refractivity contribution in [1.82, 2.24) is 0 Å². The van der Waals surface area contributed by atoms with Gasteiger partial charge in [-0.3, -0.25) is 4.79 Å². The van der Waals surface area contributed by atoms with Crippen LogP contribution in [0.25, 0.3) is 0 Å². The van der Waals surface area contributed by atoms with E-state index < -0.39 is 12.4 Å². The van der Waals surface area contributed by atoms with Gasteiger partial charge in [0.2, 0.25) is 0 Å². The molecule has 0 fully saturated rings. The van der Waals surface area contributed by atoms with Gasteiger partial charge in [-0.2, -0.15) is 8.78 Å². The van der Waals surface area contributed by atoms with E-state index in [2.05, 4.69) is 20.7 Å². The van der Waals surface area contributed by atoms with Crippen LogP contribution < -0.4 is 4.74 Å². The van der Waals surface area contributed by atoms with Gasteiger partial charge in [-0.25, -0.2) is 4.39 Å². The third-order valence-corrected chi connectivity index (χ3v) is 2.51. The minimum atomic E-state index is -3.02. The summed E-state index contributed by atoms with van der Waals surface area (Å²) >= 11 is 2.84. The molecule has 15 heavy (non-hydrogen) atoms. The topological polar surface area (TPSA) is 26.3 Å². The van der Waals surface area contributed by atoms with Crippen LogP contribution in [-0.4, -0.2) is 12.9 Å². The molecule has 0 saturated carbocycles. The molecule has 6 heteroatoms. The Hall–Kier alpha value is -1.04. The van der Waals surface area contributed by atoms with Gasteiger partial charge in [0.15, 0.2) is 6.29 Å². The molecular weight excluding hydrogens is 277 g/mol. The zero-order chi connectivity index (χ0) is 11.6. The highest BCUT2D eigenvalue weighted by Gasteiger charge is 2.17. The molecule has 0 aliphatic rings. The van der Waals surface area contributed by atoms with E-state index in [0.717, 1.165) is 6.07 Å². The number of halogens is 4. The van der Waals surface area contributed by atoms with Crippen LogP contribution >= 0.6 is 15.9 Å². The van der Waals surface area contributed by atoms with E-state index in [9.17, 15) is 18.0 Å². The van der Waals surface area contributed by atoms with Crippen molar-refractivity contribution in [3.63, 3.8) is 0 Å². The van der Waals surface area contributed by atoms with Gasteiger partial charge in [0.05, 0.1) is 10.0 Å². The molecule has 0 spiro atoms. The third kappa shape index (κ3) is 2.50. The number of hydrogen-bond donors (Lipinski definition) is 0. The quantitative estimate of drug-likeness (QED) is 0.795. The maximum absolute atomic E-state index is 13.1. The van der Waals surface area contributed by atoms with E-state index in [1.807, 2.05) is 0 Å². The van der Waals surface area contributed by atoms with Crippen LogP contribution in [0.2, 0.25) is 0 Å². The molecule has 0 aromatic heterocycles. The standard InChI is InChI=1S/C9H6BrF3O2/c1-4-2-6(11)5(3-14)7(10)8(4)15-9(12)13/h2-3,9H,1H3. The lowest BCUT2D eigenvalue weighted by Crippen LogP contribution is -2.06. The number of aryl methyl sites for hydroxylation is 1. The Balaban J connectivity index is 3.32. The molecule has 0 amide bonds. The first-order chi connectivity index (χ1) is 6.97. The fraction of sp³-hybridized carbons (Fsp3) is 0.222. The normalized spacial score (nSPS) is 10.5. The van der Waals surface area contributed by atoms with Gasteiger partial charge in [0, 0.05) is 0 Å². The molecule has 2 nitrogen and oxygen atoms in total. The van der Waals surface area contributed by atoms with E-state index >= 15 is 0 Å². The van der Waals surface area contributed by atoms with Gasteiger partial charge in [-0.15, -0.1) is 0 Å². The summed E-state index contributed by atoms with van der Waals surface area (Å²) in [5.41, 5.74) is -0.151. The molecule has 0 atom stereocenters. The molecule has 1 aromatic carbocycles. The molecule has 82 valence electrons. The molecule has 1 aromatic rings. The summed E-state index contributed by atoms with van der Waals surface area (Å²) in [5, 5.41) is 0. The number of carbonyl (C=O) groups is 1. The van der Waals surface area contributed by atoms with Crippen LogP contribution in [0.4, 0.5) is 13.2 Å². The van der Waals surface area contributed by atoms with Gasteiger partial charge < -0.3 is 4.74 Å². The summed E-state index contributed by atoms with van der Waals surface area (Å²) in [7, 11) is 0. The zero-order valence-corrected chi connectivity index (χ0v) is 9.15. The molecule has 0 unspecified atom stereocenters. The maximum atomic E-state index is 13.1. The highest BCUT2D eigenvalue weighted by atomic mass is 79.9. The predicted octanol–water partition coefficient (Wildman–Crippen LogP) is 3.31. The molecule has 0 aliphatic carbocycles. The Kier molecular flexibility index (Phi) is 3.73. The molecule has 0 heterocycles. The van der Waals surface area contributed by atoms with Crippen LogP contribution in [0.1, 0.15) is 15.9 Å². The molecule has 0 saturated heterocycles. The van der Waals surface area contributed by atoms with E-state index in [1.165, 1.54) is 6.92 Å². The van der Waals surface area contributed by atoms with Crippen molar-refractivity contribution < 1.29 is 22.7 Å². The highest BCUT2D eigenvalue weighted by molar-refractivity contribution is 9.10. The summed E-state index contributed by atoms with van der Waals surface area (Å²) in [6.07, 6.45) is 0.233. The van der Waals surface area contributed by atoms with Crippen LogP contribution in [0, 0.1) is 12.7 Å². The fourth-order valence-electron chi connectivity index (χ4n) is 1.08. The average molecular weight is 283 g/mol.